The first-order valence-electron chi connectivity index (χ1n) is 7.48. The van der Waals surface area contributed by atoms with E-state index in [4.69, 9.17) is 0 Å². The highest BCUT2D eigenvalue weighted by Crippen LogP contribution is 2.28. The fourth-order valence-electron chi connectivity index (χ4n) is 2.11. The molecule has 3 nitrogen and oxygen atoms in total. The Labute approximate surface area is 135 Å². The molecule has 0 aliphatic rings. The first-order valence-corrected chi connectivity index (χ1v) is 7.48. The fourth-order valence-corrected chi connectivity index (χ4v) is 2.11. The van der Waals surface area contributed by atoms with Gasteiger partial charge in [-0.2, -0.15) is 0 Å². The standard InChI is InChI=1S/C18H21F2N3/c1-5-23(4)11-21-17-10-16(20)18(8-13(17)3)22-15-7-12(2)6-14(19)9-15/h6-11,22H,5H2,1-4H3. The van der Waals surface area contributed by atoms with Gasteiger partial charge in [-0.1, -0.05) is 0 Å². The van der Waals surface area contributed by atoms with Crippen molar-refractivity contribution in [2.45, 2.75) is 20.8 Å². The van der Waals surface area contributed by atoms with Crippen molar-refractivity contribution in [1.29, 1.82) is 0 Å². The van der Waals surface area contributed by atoms with Crippen molar-refractivity contribution in [3.8, 4) is 0 Å². The Bertz CT molecular complexity index is 706. The number of anilines is 2. The van der Waals surface area contributed by atoms with E-state index in [1.165, 1.54) is 18.2 Å². The van der Waals surface area contributed by atoms with Crippen LogP contribution in [0.2, 0.25) is 0 Å². The highest BCUT2D eigenvalue weighted by Gasteiger charge is 2.08. The molecule has 2 aromatic rings. The molecule has 0 atom stereocenters. The average molecular weight is 317 g/mol. The summed E-state index contributed by atoms with van der Waals surface area (Å²) in [6.07, 6.45) is 1.67. The summed E-state index contributed by atoms with van der Waals surface area (Å²) in [5, 5.41) is 2.92. The third-order valence-corrected chi connectivity index (χ3v) is 3.50. The number of hydrogen-bond donors (Lipinski definition) is 1. The van der Waals surface area contributed by atoms with E-state index in [9.17, 15) is 8.78 Å². The number of nitrogens with one attached hydrogen (secondary N) is 1. The Morgan fingerprint density at radius 1 is 1.13 bits per heavy atom. The summed E-state index contributed by atoms with van der Waals surface area (Å²) in [6.45, 7) is 6.48. The molecule has 0 spiro atoms. The molecule has 0 heterocycles. The summed E-state index contributed by atoms with van der Waals surface area (Å²) in [7, 11) is 1.90. The predicted molar refractivity (Wildman–Crippen MR) is 92.0 cm³/mol. The summed E-state index contributed by atoms with van der Waals surface area (Å²) in [5.41, 5.74) is 3.00. The zero-order valence-electron chi connectivity index (χ0n) is 13.8. The van der Waals surface area contributed by atoms with E-state index in [0.717, 1.165) is 17.7 Å². The molecule has 0 saturated heterocycles. The van der Waals surface area contributed by atoms with E-state index in [0.29, 0.717) is 17.1 Å². The van der Waals surface area contributed by atoms with Gasteiger partial charge < -0.3 is 10.2 Å². The molecule has 0 aliphatic carbocycles. The number of hydrogen-bond acceptors (Lipinski definition) is 2. The number of benzene rings is 2. The largest absolute Gasteiger partial charge is 0.366 e. The zero-order chi connectivity index (χ0) is 17.0. The van der Waals surface area contributed by atoms with Crippen LogP contribution in [0.15, 0.2) is 35.3 Å². The third kappa shape index (κ3) is 4.52. The molecule has 122 valence electrons. The van der Waals surface area contributed by atoms with E-state index in [-0.39, 0.29) is 5.82 Å². The molecule has 0 bridgehead atoms. The van der Waals surface area contributed by atoms with Crippen LogP contribution in [0.4, 0.5) is 25.8 Å². The molecule has 1 N–H and O–H groups in total. The molecule has 23 heavy (non-hydrogen) atoms. The molecule has 0 aliphatic heterocycles. The van der Waals surface area contributed by atoms with E-state index in [1.54, 1.807) is 25.4 Å². The SMILES string of the molecule is CCN(C)C=Nc1cc(F)c(Nc2cc(C)cc(F)c2)cc1C. The maximum absolute atomic E-state index is 14.3. The maximum Gasteiger partial charge on any atom is 0.148 e. The number of nitrogens with zero attached hydrogens (tertiary/aromatic N) is 2. The number of aryl methyl sites for hydroxylation is 2. The van der Waals surface area contributed by atoms with Crippen LogP contribution in [0, 0.1) is 25.5 Å². The van der Waals surface area contributed by atoms with Crippen LogP contribution in [0.1, 0.15) is 18.1 Å². The van der Waals surface area contributed by atoms with Gasteiger partial charge in [-0.05, 0) is 56.2 Å². The van der Waals surface area contributed by atoms with Gasteiger partial charge in [0, 0.05) is 25.3 Å². The predicted octanol–water partition coefficient (Wildman–Crippen LogP) is 4.94. The maximum atomic E-state index is 14.3. The highest BCUT2D eigenvalue weighted by molar-refractivity contribution is 5.68. The minimum absolute atomic E-state index is 0.301. The lowest BCUT2D eigenvalue weighted by atomic mass is 10.1. The quantitative estimate of drug-likeness (QED) is 0.625. The minimum Gasteiger partial charge on any atom is -0.366 e. The van der Waals surface area contributed by atoms with Crippen LogP contribution in [-0.2, 0) is 0 Å². The Morgan fingerprint density at radius 3 is 2.52 bits per heavy atom. The molecule has 0 amide bonds. The highest BCUT2D eigenvalue weighted by atomic mass is 19.1. The van der Waals surface area contributed by atoms with Crippen molar-refractivity contribution in [2.24, 2.45) is 4.99 Å². The van der Waals surface area contributed by atoms with Gasteiger partial charge in [-0.3, -0.25) is 0 Å². The first kappa shape index (κ1) is 16.9. The summed E-state index contributed by atoms with van der Waals surface area (Å²) in [5.74, 6) is -0.780. The summed E-state index contributed by atoms with van der Waals surface area (Å²) >= 11 is 0. The Balaban J connectivity index is 2.27. The van der Waals surface area contributed by atoms with Gasteiger partial charge in [0.2, 0.25) is 0 Å². The topological polar surface area (TPSA) is 27.6 Å². The van der Waals surface area contributed by atoms with E-state index >= 15 is 0 Å². The van der Waals surface area contributed by atoms with Crippen molar-refractivity contribution in [3.63, 3.8) is 0 Å². The van der Waals surface area contributed by atoms with Gasteiger partial charge in [0.15, 0.2) is 0 Å². The fraction of sp³-hybridized carbons (Fsp3) is 0.278. The van der Waals surface area contributed by atoms with Crippen LogP contribution in [0.25, 0.3) is 0 Å². The van der Waals surface area contributed by atoms with E-state index < -0.39 is 5.82 Å². The lowest BCUT2D eigenvalue weighted by Crippen LogP contribution is -2.14. The number of aliphatic imine (C=N–C) groups is 1. The average Bonchev–Trinajstić information content (AvgIpc) is 2.47. The van der Waals surface area contributed by atoms with Crippen LogP contribution >= 0.6 is 0 Å². The van der Waals surface area contributed by atoms with Crippen molar-refractivity contribution in [3.05, 3.63) is 53.1 Å². The monoisotopic (exact) mass is 317 g/mol. The van der Waals surface area contributed by atoms with Gasteiger partial charge in [0.25, 0.3) is 0 Å². The van der Waals surface area contributed by atoms with E-state index in [2.05, 4.69) is 10.3 Å². The molecule has 0 fully saturated rings. The molecular weight excluding hydrogens is 296 g/mol. The molecule has 0 radical (unpaired) electrons. The lowest BCUT2D eigenvalue weighted by molar-refractivity contribution is 0.552. The molecular formula is C18H21F2N3. The Morgan fingerprint density at radius 2 is 1.87 bits per heavy atom. The summed E-state index contributed by atoms with van der Waals surface area (Å²) in [6, 6.07) is 7.58. The third-order valence-electron chi connectivity index (χ3n) is 3.50. The van der Waals surface area contributed by atoms with Gasteiger partial charge in [-0.25, -0.2) is 13.8 Å². The number of halogens is 2. The van der Waals surface area contributed by atoms with Crippen LogP contribution in [0.3, 0.4) is 0 Å². The second-order valence-corrected chi connectivity index (χ2v) is 5.58. The Kier molecular flexibility index (Phi) is 5.32. The van der Waals surface area contributed by atoms with E-state index in [1.807, 2.05) is 25.8 Å². The molecule has 2 rings (SSSR count). The molecule has 0 unspecified atom stereocenters. The van der Waals surface area contributed by atoms with Crippen LogP contribution in [0.5, 0.6) is 0 Å². The smallest absolute Gasteiger partial charge is 0.148 e. The molecule has 0 saturated carbocycles. The second kappa shape index (κ2) is 7.22. The molecule has 5 heteroatoms. The normalized spacial score (nSPS) is 11.0. The van der Waals surface area contributed by atoms with Gasteiger partial charge in [0.1, 0.15) is 11.6 Å². The summed E-state index contributed by atoms with van der Waals surface area (Å²) < 4.78 is 27.7. The van der Waals surface area contributed by atoms with Gasteiger partial charge in [-0.15, -0.1) is 0 Å². The van der Waals surface area contributed by atoms with Crippen LogP contribution in [-0.4, -0.2) is 24.8 Å². The van der Waals surface area contributed by atoms with Crippen molar-refractivity contribution < 1.29 is 8.78 Å². The minimum atomic E-state index is -0.427. The Hall–Kier alpha value is -2.43. The van der Waals surface area contributed by atoms with Gasteiger partial charge >= 0.3 is 0 Å². The second-order valence-electron chi connectivity index (χ2n) is 5.58. The first-order chi connectivity index (χ1) is 10.9. The van der Waals surface area contributed by atoms with Crippen molar-refractivity contribution >= 4 is 23.4 Å². The van der Waals surface area contributed by atoms with Crippen LogP contribution < -0.4 is 5.32 Å². The number of rotatable bonds is 5. The molecule has 0 aromatic heterocycles. The van der Waals surface area contributed by atoms with Gasteiger partial charge in [0.05, 0.1) is 17.7 Å². The summed E-state index contributed by atoms with van der Waals surface area (Å²) in [4.78, 5) is 6.19. The lowest BCUT2D eigenvalue weighted by Gasteiger charge is -2.12. The van der Waals surface area contributed by atoms with Crippen molar-refractivity contribution in [1.82, 2.24) is 4.90 Å². The molecule has 2 aromatic carbocycles. The zero-order valence-corrected chi connectivity index (χ0v) is 13.8. The van der Waals surface area contributed by atoms with Crippen molar-refractivity contribution in [2.75, 3.05) is 18.9 Å².